The molecule has 3 rings (SSSR count). The highest BCUT2D eigenvalue weighted by Crippen LogP contribution is 2.33. The molecule has 3 aromatic rings. The largest absolute Gasteiger partial charge is 0.346 e. The van der Waals surface area contributed by atoms with Crippen LogP contribution >= 0.6 is 15.9 Å². The van der Waals surface area contributed by atoms with Crippen molar-refractivity contribution in [3.05, 3.63) is 90.5 Å². The number of hydrogen-bond donors (Lipinski definition) is 1. The molecule has 0 aliphatic heterocycles. The first kappa shape index (κ1) is 16.1. The molecule has 4 heteroatoms. The van der Waals surface area contributed by atoms with Crippen LogP contribution in [0.25, 0.3) is 0 Å². The fraction of sp³-hybridized carbons (Fsp3) is 0.0526. The van der Waals surface area contributed by atoms with Gasteiger partial charge in [-0.1, -0.05) is 84.9 Å². The van der Waals surface area contributed by atoms with Crippen molar-refractivity contribution < 1.29 is 9.46 Å². The first-order chi connectivity index (χ1) is 11.2. The van der Waals surface area contributed by atoms with Crippen LogP contribution in [0, 0.1) is 0 Å². The Hall–Kier alpha value is -1.72. The summed E-state index contributed by atoms with van der Waals surface area (Å²) in [6.45, 7) is 0. The number of benzene rings is 3. The molecule has 0 saturated heterocycles. The summed E-state index contributed by atoms with van der Waals surface area (Å²) in [5.74, 6) is 0. The van der Waals surface area contributed by atoms with Gasteiger partial charge in [0, 0.05) is 6.16 Å². The van der Waals surface area contributed by atoms with Gasteiger partial charge in [-0.15, -0.1) is 0 Å². The summed E-state index contributed by atoms with van der Waals surface area (Å²) in [5.41, 5.74) is 0.913. The minimum atomic E-state index is -2.47. The van der Waals surface area contributed by atoms with Gasteiger partial charge < -0.3 is 4.89 Å². The van der Waals surface area contributed by atoms with Crippen LogP contribution in [0.3, 0.4) is 0 Å². The third-order valence-electron chi connectivity index (χ3n) is 3.58. The highest BCUT2D eigenvalue weighted by Gasteiger charge is 2.15. The Morgan fingerprint density at radius 1 is 0.696 bits per heavy atom. The average molecular weight is 340 g/mol. The van der Waals surface area contributed by atoms with Gasteiger partial charge in [-0.25, -0.2) is 0 Å². The SMILES string of the molecule is O=[PH](O)Cc1ccc(P(c2ccccc2)c2ccccc2)cc1. The van der Waals surface area contributed by atoms with E-state index in [-0.39, 0.29) is 6.16 Å². The lowest BCUT2D eigenvalue weighted by molar-refractivity contribution is 0.502. The minimum Gasteiger partial charge on any atom is -0.346 e. The smallest absolute Gasteiger partial charge is 0.193 e. The molecule has 0 bridgehead atoms. The maximum absolute atomic E-state index is 11.0. The van der Waals surface area contributed by atoms with Gasteiger partial charge in [0.2, 0.25) is 0 Å². The first-order valence-corrected chi connectivity index (χ1v) is 10.4. The molecule has 1 N–H and O–H groups in total. The molecule has 0 aliphatic carbocycles. The molecular weight excluding hydrogens is 322 g/mol. The summed E-state index contributed by atoms with van der Waals surface area (Å²) in [7, 11) is -3.08. The Bertz CT molecular complexity index is 732. The van der Waals surface area contributed by atoms with Gasteiger partial charge in [-0.3, -0.25) is 4.57 Å². The van der Waals surface area contributed by atoms with E-state index in [0.717, 1.165) is 5.56 Å². The maximum atomic E-state index is 11.0. The summed E-state index contributed by atoms with van der Waals surface area (Å²) >= 11 is 0. The van der Waals surface area contributed by atoms with Crippen LogP contribution in [0.2, 0.25) is 0 Å². The first-order valence-electron chi connectivity index (χ1n) is 7.45. The lowest BCUT2D eigenvalue weighted by Crippen LogP contribution is -2.20. The van der Waals surface area contributed by atoms with Gasteiger partial charge in [0.25, 0.3) is 0 Å². The van der Waals surface area contributed by atoms with Crippen LogP contribution < -0.4 is 15.9 Å². The fourth-order valence-corrected chi connectivity index (χ4v) is 5.41. The van der Waals surface area contributed by atoms with Gasteiger partial charge >= 0.3 is 0 Å². The van der Waals surface area contributed by atoms with Gasteiger partial charge in [0.15, 0.2) is 8.03 Å². The number of rotatable bonds is 5. The zero-order valence-electron chi connectivity index (χ0n) is 12.6. The molecule has 2 nitrogen and oxygen atoms in total. The van der Waals surface area contributed by atoms with Crippen LogP contribution in [0.15, 0.2) is 84.9 Å². The van der Waals surface area contributed by atoms with Gasteiger partial charge in [0.05, 0.1) is 0 Å². The van der Waals surface area contributed by atoms with Crippen molar-refractivity contribution >= 4 is 31.9 Å². The zero-order chi connectivity index (χ0) is 16.1. The summed E-state index contributed by atoms with van der Waals surface area (Å²) in [5, 5.41) is 3.85. The third kappa shape index (κ3) is 4.18. The molecule has 1 atom stereocenters. The second kappa shape index (κ2) is 7.70. The molecule has 1 unspecified atom stereocenters. The van der Waals surface area contributed by atoms with Crippen LogP contribution in [-0.2, 0) is 10.7 Å². The van der Waals surface area contributed by atoms with Crippen molar-refractivity contribution in [3.63, 3.8) is 0 Å². The van der Waals surface area contributed by atoms with E-state index >= 15 is 0 Å². The quantitative estimate of drug-likeness (QED) is 0.723. The average Bonchev–Trinajstić information content (AvgIpc) is 2.58. The predicted molar refractivity (Wildman–Crippen MR) is 100 cm³/mol. The standard InChI is InChI=1S/C19H18O2P2/c20-22(21)15-16-11-13-19(14-12-16)23(17-7-3-1-4-8-17)18-9-5-2-6-10-18/h1-14,22H,15H2,(H,20,21). The van der Waals surface area contributed by atoms with Crippen LogP contribution in [0.5, 0.6) is 0 Å². The molecule has 0 spiro atoms. The van der Waals surface area contributed by atoms with Crippen molar-refractivity contribution in [3.8, 4) is 0 Å². The molecule has 116 valence electrons. The van der Waals surface area contributed by atoms with E-state index in [4.69, 9.17) is 4.89 Å². The van der Waals surface area contributed by atoms with Crippen molar-refractivity contribution in [2.75, 3.05) is 0 Å². The third-order valence-corrected chi connectivity index (χ3v) is 6.73. The maximum Gasteiger partial charge on any atom is 0.193 e. The normalized spacial score (nSPS) is 12.3. The Balaban J connectivity index is 2.00. The van der Waals surface area contributed by atoms with E-state index < -0.39 is 15.9 Å². The Morgan fingerprint density at radius 2 is 1.13 bits per heavy atom. The van der Waals surface area contributed by atoms with E-state index in [1.54, 1.807) is 0 Å². The van der Waals surface area contributed by atoms with Gasteiger partial charge in [-0.2, -0.15) is 0 Å². The lowest BCUT2D eigenvalue weighted by Gasteiger charge is -2.19. The van der Waals surface area contributed by atoms with Crippen LogP contribution in [-0.4, -0.2) is 4.89 Å². The molecule has 23 heavy (non-hydrogen) atoms. The molecule has 0 amide bonds. The van der Waals surface area contributed by atoms with E-state index in [1.807, 2.05) is 24.3 Å². The van der Waals surface area contributed by atoms with E-state index in [0.29, 0.717) is 0 Å². The van der Waals surface area contributed by atoms with Gasteiger partial charge in [-0.05, 0) is 29.4 Å². The molecule has 0 radical (unpaired) electrons. The lowest BCUT2D eigenvalue weighted by atomic mass is 10.2. The fourth-order valence-electron chi connectivity index (χ4n) is 2.54. The van der Waals surface area contributed by atoms with Crippen LogP contribution in [0.1, 0.15) is 5.56 Å². The zero-order valence-corrected chi connectivity index (χ0v) is 14.5. The van der Waals surface area contributed by atoms with Gasteiger partial charge in [0.1, 0.15) is 0 Å². The second-order valence-electron chi connectivity index (χ2n) is 5.24. The molecule has 0 saturated carbocycles. The summed E-state index contributed by atoms with van der Waals surface area (Å²) in [6, 6.07) is 29.1. The number of hydrogen-bond acceptors (Lipinski definition) is 1. The van der Waals surface area contributed by atoms with E-state index in [2.05, 4.69) is 60.7 Å². The molecule has 0 aliphatic rings. The Morgan fingerprint density at radius 3 is 1.57 bits per heavy atom. The van der Waals surface area contributed by atoms with Crippen molar-refractivity contribution in [1.82, 2.24) is 0 Å². The second-order valence-corrected chi connectivity index (χ2v) is 8.60. The summed E-state index contributed by atoms with van der Waals surface area (Å²) < 4.78 is 11.0. The highest BCUT2D eigenvalue weighted by atomic mass is 31.1. The molecule has 0 aromatic heterocycles. The van der Waals surface area contributed by atoms with Crippen molar-refractivity contribution in [1.29, 1.82) is 0 Å². The highest BCUT2D eigenvalue weighted by molar-refractivity contribution is 7.79. The monoisotopic (exact) mass is 340 g/mol. The molecule has 0 heterocycles. The molecule has 3 aromatic carbocycles. The summed E-state index contributed by atoms with van der Waals surface area (Å²) in [6.07, 6.45) is 0.250. The summed E-state index contributed by atoms with van der Waals surface area (Å²) in [4.78, 5) is 9.09. The van der Waals surface area contributed by atoms with Crippen LogP contribution in [0.4, 0.5) is 0 Å². The van der Waals surface area contributed by atoms with Crippen molar-refractivity contribution in [2.45, 2.75) is 6.16 Å². The van der Waals surface area contributed by atoms with E-state index in [9.17, 15) is 4.57 Å². The van der Waals surface area contributed by atoms with Crippen molar-refractivity contribution in [2.24, 2.45) is 0 Å². The van der Waals surface area contributed by atoms with E-state index in [1.165, 1.54) is 15.9 Å². The minimum absolute atomic E-state index is 0.250. The predicted octanol–water partition coefficient (Wildman–Crippen LogP) is 3.41. The Kier molecular flexibility index (Phi) is 5.41. The molecular formula is C19H18O2P2. The molecule has 0 fully saturated rings. The Labute approximate surface area is 138 Å². The topological polar surface area (TPSA) is 37.3 Å².